The normalized spacial score (nSPS) is 31.0. The Bertz CT molecular complexity index is 322. The molecule has 0 saturated heterocycles. The fourth-order valence-corrected chi connectivity index (χ4v) is 1.15. The zero-order valence-corrected chi connectivity index (χ0v) is 7.41. The Balaban J connectivity index is 3.05. The topological polar surface area (TPSA) is 89.7 Å². The van der Waals surface area contributed by atoms with Crippen molar-refractivity contribution in [1.29, 1.82) is 0 Å². The van der Waals surface area contributed by atoms with E-state index in [0.717, 1.165) is 6.08 Å². The molecule has 1 rings (SSSR count). The Morgan fingerprint density at radius 3 is 2.86 bits per heavy atom. The van der Waals surface area contributed by atoms with Gasteiger partial charge in [-0.2, -0.15) is 0 Å². The van der Waals surface area contributed by atoms with Crippen LogP contribution in [0.15, 0.2) is 23.8 Å². The first kappa shape index (κ1) is 10.6. The maximum atomic E-state index is 10.5. The molecule has 0 spiro atoms. The third-order valence-corrected chi connectivity index (χ3v) is 1.97. The third-order valence-electron chi connectivity index (χ3n) is 1.97. The highest BCUT2D eigenvalue weighted by Crippen LogP contribution is 2.23. The van der Waals surface area contributed by atoms with Crippen LogP contribution in [0.25, 0.3) is 0 Å². The predicted molar refractivity (Wildman–Crippen MR) is 46.0 cm³/mol. The van der Waals surface area contributed by atoms with Crippen molar-refractivity contribution in [3.8, 4) is 0 Å². The van der Waals surface area contributed by atoms with Crippen LogP contribution < -0.4 is 0 Å². The van der Waals surface area contributed by atoms with E-state index < -0.39 is 16.8 Å². The molecule has 0 bridgehead atoms. The molecule has 2 unspecified atom stereocenters. The van der Waals surface area contributed by atoms with Gasteiger partial charge < -0.3 is 9.84 Å². The van der Waals surface area contributed by atoms with Gasteiger partial charge in [0.1, 0.15) is 6.29 Å². The van der Waals surface area contributed by atoms with Crippen molar-refractivity contribution in [3.05, 3.63) is 33.9 Å². The maximum Gasteiger partial charge on any atom is 0.372 e. The highest BCUT2D eigenvalue weighted by molar-refractivity contribution is 5.78. The zero-order chi connectivity index (χ0) is 10.8. The number of aldehydes is 1. The van der Waals surface area contributed by atoms with Crippen LogP contribution in [0.4, 0.5) is 0 Å². The van der Waals surface area contributed by atoms with E-state index in [4.69, 9.17) is 4.74 Å². The standard InChI is InChI=1S/C8H9NO5/c1-14-7-4-6(5-10)2-3-8(7,11)9(12)13/h2-5,7,11H,1H3. The lowest BCUT2D eigenvalue weighted by Gasteiger charge is -2.24. The molecule has 76 valence electrons. The van der Waals surface area contributed by atoms with E-state index in [-0.39, 0.29) is 5.57 Å². The van der Waals surface area contributed by atoms with E-state index in [9.17, 15) is 20.0 Å². The molecule has 0 aliphatic heterocycles. The largest absolute Gasteiger partial charge is 0.372 e. The highest BCUT2D eigenvalue weighted by Gasteiger charge is 2.47. The molecule has 1 aliphatic carbocycles. The average molecular weight is 199 g/mol. The summed E-state index contributed by atoms with van der Waals surface area (Å²) < 4.78 is 4.72. The van der Waals surface area contributed by atoms with Crippen LogP contribution >= 0.6 is 0 Å². The van der Waals surface area contributed by atoms with E-state index in [2.05, 4.69) is 0 Å². The van der Waals surface area contributed by atoms with E-state index in [1.165, 1.54) is 19.3 Å². The van der Waals surface area contributed by atoms with Gasteiger partial charge in [-0.15, -0.1) is 0 Å². The molecule has 14 heavy (non-hydrogen) atoms. The number of methoxy groups -OCH3 is 1. The van der Waals surface area contributed by atoms with Gasteiger partial charge in [0.25, 0.3) is 0 Å². The summed E-state index contributed by atoms with van der Waals surface area (Å²) in [5, 5.41) is 20.1. The molecule has 1 aliphatic rings. The third kappa shape index (κ3) is 1.57. The number of hydrogen-bond acceptors (Lipinski definition) is 5. The molecular weight excluding hydrogens is 190 g/mol. The summed E-state index contributed by atoms with van der Waals surface area (Å²) in [6, 6.07) is 0. The Hall–Kier alpha value is -1.53. The van der Waals surface area contributed by atoms with Gasteiger partial charge in [-0.25, -0.2) is 0 Å². The lowest BCUT2D eigenvalue weighted by Crippen LogP contribution is -2.49. The van der Waals surface area contributed by atoms with Gasteiger partial charge >= 0.3 is 5.72 Å². The van der Waals surface area contributed by atoms with Crippen LogP contribution in [0.1, 0.15) is 0 Å². The van der Waals surface area contributed by atoms with Crippen LogP contribution in [-0.4, -0.2) is 35.3 Å². The van der Waals surface area contributed by atoms with Crippen LogP contribution in [0.3, 0.4) is 0 Å². The lowest BCUT2D eigenvalue weighted by molar-refractivity contribution is -0.618. The maximum absolute atomic E-state index is 10.5. The minimum absolute atomic E-state index is 0.239. The molecule has 0 saturated carbocycles. The first-order chi connectivity index (χ1) is 6.54. The number of carbonyl (C=O) groups excluding carboxylic acids is 1. The molecule has 0 aromatic carbocycles. The Morgan fingerprint density at radius 1 is 1.79 bits per heavy atom. The van der Waals surface area contributed by atoms with Crippen molar-refractivity contribution < 1.29 is 19.6 Å². The quantitative estimate of drug-likeness (QED) is 0.290. The highest BCUT2D eigenvalue weighted by atomic mass is 16.7. The zero-order valence-electron chi connectivity index (χ0n) is 7.41. The number of nitro groups is 1. The number of rotatable bonds is 3. The van der Waals surface area contributed by atoms with Crippen LogP contribution in [0, 0.1) is 10.1 Å². The van der Waals surface area contributed by atoms with Crippen LogP contribution in [-0.2, 0) is 9.53 Å². The van der Waals surface area contributed by atoms with Gasteiger partial charge in [0.15, 0.2) is 6.10 Å². The van der Waals surface area contributed by atoms with E-state index in [1.807, 2.05) is 0 Å². The summed E-state index contributed by atoms with van der Waals surface area (Å²) in [5.74, 6) is 0. The first-order valence-electron chi connectivity index (χ1n) is 3.80. The van der Waals surface area contributed by atoms with Crippen molar-refractivity contribution in [2.24, 2.45) is 0 Å². The number of aliphatic hydroxyl groups is 1. The Kier molecular flexibility index (Phi) is 2.78. The van der Waals surface area contributed by atoms with Crippen LogP contribution in [0.5, 0.6) is 0 Å². The van der Waals surface area contributed by atoms with Crippen molar-refractivity contribution in [2.75, 3.05) is 7.11 Å². The Labute approximate surface area is 79.6 Å². The van der Waals surface area contributed by atoms with Gasteiger partial charge in [0, 0.05) is 18.8 Å². The molecule has 0 aromatic rings. The second-order valence-corrected chi connectivity index (χ2v) is 2.81. The van der Waals surface area contributed by atoms with Gasteiger partial charge in [0.2, 0.25) is 0 Å². The van der Waals surface area contributed by atoms with Crippen molar-refractivity contribution >= 4 is 6.29 Å². The number of nitrogens with zero attached hydrogens (tertiary/aromatic N) is 1. The fourth-order valence-electron chi connectivity index (χ4n) is 1.15. The molecule has 1 N–H and O–H groups in total. The summed E-state index contributed by atoms with van der Waals surface area (Å²) >= 11 is 0. The van der Waals surface area contributed by atoms with Crippen LogP contribution in [0.2, 0.25) is 0 Å². The summed E-state index contributed by atoms with van der Waals surface area (Å²) in [4.78, 5) is 20.1. The van der Waals surface area contributed by atoms with Gasteiger partial charge in [-0.05, 0) is 12.2 Å². The van der Waals surface area contributed by atoms with E-state index in [0.29, 0.717) is 6.29 Å². The number of allylic oxidation sites excluding steroid dienone is 2. The number of carbonyl (C=O) groups is 1. The predicted octanol–water partition coefficient (Wildman–Crippen LogP) is -0.338. The summed E-state index contributed by atoms with van der Waals surface area (Å²) in [5.41, 5.74) is -2.05. The van der Waals surface area contributed by atoms with Crippen molar-refractivity contribution in [3.63, 3.8) is 0 Å². The molecule has 0 amide bonds. The molecule has 2 atom stereocenters. The molecule has 0 aromatic heterocycles. The van der Waals surface area contributed by atoms with Gasteiger partial charge in [-0.1, -0.05) is 0 Å². The molecule has 6 heteroatoms. The van der Waals surface area contributed by atoms with E-state index in [1.54, 1.807) is 0 Å². The summed E-state index contributed by atoms with van der Waals surface area (Å²) in [6.45, 7) is 0. The summed E-state index contributed by atoms with van der Waals surface area (Å²) in [7, 11) is 1.22. The molecule has 0 heterocycles. The van der Waals surface area contributed by atoms with Crippen molar-refractivity contribution in [2.45, 2.75) is 11.8 Å². The molecule has 6 nitrogen and oxygen atoms in total. The second kappa shape index (κ2) is 3.69. The molecule has 0 fully saturated rings. The van der Waals surface area contributed by atoms with Gasteiger partial charge in [0.05, 0.1) is 4.92 Å². The summed E-state index contributed by atoms with van der Waals surface area (Å²) in [6.07, 6.45) is 2.70. The average Bonchev–Trinajstić information content (AvgIpc) is 2.18. The second-order valence-electron chi connectivity index (χ2n) is 2.81. The smallest absolute Gasteiger partial charge is 0.367 e. The SMILES string of the molecule is COC1C=C(C=O)C=CC1(O)[N+](=O)[O-]. The van der Waals surface area contributed by atoms with E-state index >= 15 is 0 Å². The number of hydrogen-bond donors (Lipinski definition) is 1. The molecule has 0 radical (unpaired) electrons. The lowest BCUT2D eigenvalue weighted by atomic mass is 9.98. The first-order valence-corrected chi connectivity index (χ1v) is 3.80. The Morgan fingerprint density at radius 2 is 2.43 bits per heavy atom. The van der Waals surface area contributed by atoms with Gasteiger partial charge in [-0.3, -0.25) is 14.9 Å². The minimum Gasteiger partial charge on any atom is -0.367 e. The minimum atomic E-state index is -2.29. The molecular formula is C8H9NO5. The van der Waals surface area contributed by atoms with Crippen molar-refractivity contribution in [1.82, 2.24) is 0 Å². The monoisotopic (exact) mass is 199 g/mol. The fraction of sp³-hybridized carbons (Fsp3) is 0.375. The number of ether oxygens (including phenoxy) is 1.